The molecule has 0 aliphatic carbocycles. The number of hydrogen-bond donors (Lipinski definition) is 1. The number of halogens is 1. The van der Waals surface area contributed by atoms with E-state index in [9.17, 15) is 0 Å². The molecular formula is C15H21ClN2. The maximum atomic E-state index is 6.18. The maximum absolute atomic E-state index is 6.18. The second kappa shape index (κ2) is 4.75. The SMILES string of the molecule is Cc1ccc(NC2CC3CCC(C2)N3C)cc1Cl. The van der Waals surface area contributed by atoms with Crippen molar-refractivity contribution in [3.8, 4) is 0 Å². The number of nitrogens with one attached hydrogen (secondary N) is 1. The molecule has 2 aliphatic heterocycles. The highest BCUT2D eigenvalue weighted by atomic mass is 35.5. The molecule has 0 aromatic heterocycles. The molecule has 2 saturated heterocycles. The Hall–Kier alpha value is -0.730. The van der Waals surface area contributed by atoms with Crippen LogP contribution in [0.4, 0.5) is 5.69 Å². The Bertz CT molecular complexity index is 432. The van der Waals surface area contributed by atoms with E-state index in [1.165, 1.54) is 31.4 Å². The van der Waals surface area contributed by atoms with Gasteiger partial charge in [0, 0.05) is 28.8 Å². The third-order valence-corrected chi connectivity index (χ3v) is 5.05. The molecule has 3 rings (SSSR count). The van der Waals surface area contributed by atoms with Crippen molar-refractivity contribution >= 4 is 17.3 Å². The van der Waals surface area contributed by atoms with Gasteiger partial charge < -0.3 is 10.2 Å². The highest BCUT2D eigenvalue weighted by Gasteiger charge is 2.38. The monoisotopic (exact) mass is 264 g/mol. The topological polar surface area (TPSA) is 15.3 Å². The summed E-state index contributed by atoms with van der Waals surface area (Å²) in [5, 5.41) is 4.52. The summed E-state index contributed by atoms with van der Waals surface area (Å²) < 4.78 is 0. The van der Waals surface area contributed by atoms with Gasteiger partial charge in [-0.3, -0.25) is 0 Å². The van der Waals surface area contributed by atoms with Crippen LogP contribution in [-0.4, -0.2) is 30.1 Å². The lowest BCUT2D eigenvalue weighted by Gasteiger charge is -2.37. The molecule has 1 N–H and O–H groups in total. The summed E-state index contributed by atoms with van der Waals surface area (Å²) in [6, 6.07) is 8.45. The van der Waals surface area contributed by atoms with Crippen LogP contribution in [0.15, 0.2) is 18.2 Å². The Kier molecular flexibility index (Phi) is 3.25. The minimum absolute atomic E-state index is 0.609. The molecule has 0 spiro atoms. The molecule has 2 heterocycles. The van der Waals surface area contributed by atoms with E-state index in [-0.39, 0.29) is 0 Å². The zero-order valence-corrected chi connectivity index (χ0v) is 11.9. The third kappa shape index (κ3) is 2.24. The van der Waals surface area contributed by atoms with Gasteiger partial charge in [0.15, 0.2) is 0 Å². The lowest BCUT2D eigenvalue weighted by atomic mass is 9.97. The van der Waals surface area contributed by atoms with Crippen molar-refractivity contribution in [2.75, 3.05) is 12.4 Å². The van der Waals surface area contributed by atoms with Crippen molar-refractivity contribution < 1.29 is 0 Å². The largest absolute Gasteiger partial charge is 0.382 e. The first kappa shape index (κ1) is 12.3. The van der Waals surface area contributed by atoms with Crippen molar-refractivity contribution in [2.24, 2.45) is 0 Å². The van der Waals surface area contributed by atoms with Crippen molar-refractivity contribution in [2.45, 2.75) is 50.7 Å². The van der Waals surface area contributed by atoms with Gasteiger partial charge in [0.05, 0.1) is 0 Å². The van der Waals surface area contributed by atoms with Crippen molar-refractivity contribution in [1.29, 1.82) is 0 Å². The summed E-state index contributed by atoms with van der Waals surface area (Å²) >= 11 is 6.18. The standard InChI is InChI=1S/C15H21ClN2/c1-10-3-4-11(9-15(10)16)17-12-7-13-5-6-14(8-12)18(13)2/h3-4,9,12-14,17H,5-8H2,1-2H3. The van der Waals surface area contributed by atoms with Gasteiger partial charge in [0.2, 0.25) is 0 Å². The van der Waals surface area contributed by atoms with Crippen LogP contribution in [0.1, 0.15) is 31.2 Å². The van der Waals surface area contributed by atoms with Crippen LogP contribution in [0, 0.1) is 6.92 Å². The first-order valence-electron chi connectivity index (χ1n) is 6.88. The fourth-order valence-electron chi connectivity index (χ4n) is 3.45. The Morgan fingerprint density at radius 3 is 2.50 bits per heavy atom. The Morgan fingerprint density at radius 2 is 1.89 bits per heavy atom. The molecule has 0 radical (unpaired) electrons. The highest BCUT2D eigenvalue weighted by molar-refractivity contribution is 6.31. The molecule has 2 atom stereocenters. The van der Waals surface area contributed by atoms with Crippen LogP contribution in [0.3, 0.4) is 0 Å². The Morgan fingerprint density at radius 1 is 1.22 bits per heavy atom. The van der Waals surface area contributed by atoms with E-state index >= 15 is 0 Å². The number of nitrogens with zero attached hydrogens (tertiary/aromatic N) is 1. The predicted molar refractivity (Wildman–Crippen MR) is 77.4 cm³/mol. The fourth-order valence-corrected chi connectivity index (χ4v) is 3.63. The Balaban J connectivity index is 1.68. The number of anilines is 1. The maximum Gasteiger partial charge on any atom is 0.0455 e. The number of rotatable bonds is 2. The van der Waals surface area contributed by atoms with E-state index in [0.29, 0.717) is 6.04 Å². The average molecular weight is 265 g/mol. The number of aryl methyl sites for hydroxylation is 1. The number of piperidine rings is 1. The third-order valence-electron chi connectivity index (χ3n) is 4.64. The van der Waals surface area contributed by atoms with Crippen LogP contribution in [0.5, 0.6) is 0 Å². The predicted octanol–water partition coefficient (Wildman–Crippen LogP) is 3.69. The minimum Gasteiger partial charge on any atom is -0.382 e. The van der Waals surface area contributed by atoms with Gasteiger partial charge in [-0.2, -0.15) is 0 Å². The molecule has 2 aliphatic rings. The van der Waals surface area contributed by atoms with Crippen LogP contribution in [0.2, 0.25) is 5.02 Å². The summed E-state index contributed by atoms with van der Waals surface area (Å²) in [4.78, 5) is 2.57. The quantitative estimate of drug-likeness (QED) is 0.877. The van der Waals surface area contributed by atoms with Crippen molar-refractivity contribution in [3.63, 3.8) is 0 Å². The second-order valence-electron chi connectivity index (χ2n) is 5.83. The van der Waals surface area contributed by atoms with Gasteiger partial charge in [-0.15, -0.1) is 0 Å². The molecule has 2 unspecified atom stereocenters. The minimum atomic E-state index is 0.609. The fraction of sp³-hybridized carbons (Fsp3) is 0.600. The first-order valence-corrected chi connectivity index (χ1v) is 7.26. The molecule has 0 amide bonds. The van der Waals surface area contributed by atoms with E-state index in [2.05, 4.69) is 35.5 Å². The Labute approximate surface area is 114 Å². The molecule has 98 valence electrons. The molecule has 18 heavy (non-hydrogen) atoms. The average Bonchev–Trinajstić information content (AvgIpc) is 2.58. The van der Waals surface area contributed by atoms with Crippen LogP contribution in [0.25, 0.3) is 0 Å². The van der Waals surface area contributed by atoms with Gasteiger partial charge in [0.25, 0.3) is 0 Å². The van der Waals surface area contributed by atoms with Crippen LogP contribution < -0.4 is 5.32 Å². The zero-order chi connectivity index (χ0) is 12.7. The normalized spacial score (nSPS) is 31.6. The van der Waals surface area contributed by atoms with Crippen LogP contribution in [-0.2, 0) is 0 Å². The zero-order valence-electron chi connectivity index (χ0n) is 11.1. The summed E-state index contributed by atoms with van der Waals surface area (Å²) in [5.41, 5.74) is 2.31. The van der Waals surface area contributed by atoms with E-state index in [0.717, 1.165) is 22.7 Å². The van der Waals surface area contributed by atoms with Crippen molar-refractivity contribution in [1.82, 2.24) is 4.90 Å². The lowest BCUT2D eigenvalue weighted by molar-refractivity contribution is 0.169. The van der Waals surface area contributed by atoms with Gasteiger partial charge in [-0.25, -0.2) is 0 Å². The summed E-state index contributed by atoms with van der Waals surface area (Å²) in [7, 11) is 2.28. The van der Waals surface area contributed by atoms with Gasteiger partial charge in [-0.1, -0.05) is 17.7 Å². The molecular weight excluding hydrogens is 244 g/mol. The highest BCUT2D eigenvalue weighted by Crippen LogP contribution is 2.35. The summed E-state index contributed by atoms with van der Waals surface area (Å²) in [5.74, 6) is 0. The molecule has 2 nitrogen and oxygen atoms in total. The molecule has 2 fully saturated rings. The smallest absolute Gasteiger partial charge is 0.0455 e. The summed E-state index contributed by atoms with van der Waals surface area (Å²) in [6.45, 7) is 2.04. The first-order chi connectivity index (χ1) is 8.63. The van der Waals surface area contributed by atoms with E-state index in [1.807, 2.05) is 6.92 Å². The van der Waals surface area contributed by atoms with Crippen molar-refractivity contribution in [3.05, 3.63) is 28.8 Å². The molecule has 1 aromatic rings. The molecule has 0 saturated carbocycles. The van der Waals surface area contributed by atoms with E-state index in [1.54, 1.807) is 0 Å². The lowest BCUT2D eigenvalue weighted by Crippen LogP contribution is -2.44. The van der Waals surface area contributed by atoms with E-state index < -0.39 is 0 Å². The molecule has 2 bridgehead atoms. The van der Waals surface area contributed by atoms with Gasteiger partial charge in [0.1, 0.15) is 0 Å². The van der Waals surface area contributed by atoms with Gasteiger partial charge in [-0.05, 0) is 57.4 Å². The molecule has 1 aromatic carbocycles. The summed E-state index contributed by atoms with van der Waals surface area (Å²) in [6.07, 6.45) is 5.26. The number of fused-ring (bicyclic) bond motifs is 2. The number of benzene rings is 1. The molecule has 3 heteroatoms. The second-order valence-corrected chi connectivity index (χ2v) is 6.23. The van der Waals surface area contributed by atoms with Gasteiger partial charge >= 0.3 is 0 Å². The van der Waals surface area contributed by atoms with Crippen LogP contribution >= 0.6 is 11.6 Å². The van der Waals surface area contributed by atoms with E-state index in [4.69, 9.17) is 11.6 Å². The number of hydrogen-bond acceptors (Lipinski definition) is 2.